The molecule has 2 fully saturated rings. The van der Waals surface area contributed by atoms with Crippen LogP contribution < -0.4 is 5.32 Å². The van der Waals surface area contributed by atoms with Gasteiger partial charge in [-0.15, -0.1) is 0 Å². The summed E-state index contributed by atoms with van der Waals surface area (Å²) >= 11 is 0. The molecule has 1 amide bonds. The fourth-order valence-electron chi connectivity index (χ4n) is 4.19. The molecule has 1 unspecified atom stereocenters. The first-order chi connectivity index (χ1) is 9.83. The van der Waals surface area contributed by atoms with Gasteiger partial charge in [0.15, 0.2) is 0 Å². The van der Waals surface area contributed by atoms with Gasteiger partial charge in [0.1, 0.15) is 5.41 Å². The van der Waals surface area contributed by atoms with Crippen LogP contribution in [0.1, 0.15) is 33.1 Å². The Morgan fingerprint density at radius 3 is 2.24 bits per heavy atom. The SMILES string of the molecule is C[C@@]12CNC[C@]1(C)CN(C(=O)C1(C(=O)O)CC=CCC1)C2. The lowest BCUT2D eigenvalue weighted by atomic mass is 9.71. The van der Waals surface area contributed by atoms with Crippen molar-refractivity contribution in [2.75, 3.05) is 26.2 Å². The van der Waals surface area contributed by atoms with Gasteiger partial charge < -0.3 is 15.3 Å². The number of aliphatic carboxylic acids is 1. The monoisotopic (exact) mass is 292 g/mol. The van der Waals surface area contributed by atoms with Crippen molar-refractivity contribution in [3.05, 3.63) is 12.2 Å². The summed E-state index contributed by atoms with van der Waals surface area (Å²) in [7, 11) is 0. The molecule has 0 radical (unpaired) electrons. The van der Waals surface area contributed by atoms with Crippen LogP contribution >= 0.6 is 0 Å². The number of rotatable bonds is 2. The number of carbonyl (C=O) groups excluding carboxylic acids is 1. The number of amides is 1. The molecule has 3 atom stereocenters. The van der Waals surface area contributed by atoms with Crippen molar-refractivity contribution < 1.29 is 14.7 Å². The fraction of sp³-hybridized carbons (Fsp3) is 0.750. The van der Waals surface area contributed by atoms with E-state index >= 15 is 0 Å². The number of hydrogen-bond donors (Lipinski definition) is 2. The molecule has 3 rings (SSSR count). The Kier molecular flexibility index (Phi) is 3.17. The van der Waals surface area contributed by atoms with Crippen LogP contribution in [-0.2, 0) is 9.59 Å². The minimum atomic E-state index is -1.24. The van der Waals surface area contributed by atoms with Crippen LogP contribution in [-0.4, -0.2) is 48.1 Å². The van der Waals surface area contributed by atoms with Gasteiger partial charge in [0.2, 0.25) is 5.91 Å². The zero-order valence-corrected chi connectivity index (χ0v) is 12.8. The average molecular weight is 292 g/mol. The second-order valence-electron chi connectivity index (χ2n) is 7.49. The van der Waals surface area contributed by atoms with Crippen molar-refractivity contribution >= 4 is 11.9 Å². The minimum Gasteiger partial charge on any atom is -0.480 e. The third kappa shape index (κ3) is 1.94. The van der Waals surface area contributed by atoms with Crippen LogP contribution in [0.15, 0.2) is 12.2 Å². The third-order valence-electron chi connectivity index (χ3n) is 6.04. The quantitative estimate of drug-likeness (QED) is 0.594. The molecule has 2 N–H and O–H groups in total. The van der Waals surface area contributed by atoms with Gasteiger partial charge >= 0.3 is 5.97 Å². The molecule has 2 heterocycles. The van der Waals surface area contributed by atoms with Gasteiger partial charge in [-0.1, -0.05) is 26.0 Å². The summed E-state index contributed by atoms with van der Waals surface area (Å²) in [6.07, 6.45) is 5.22. The molecule has 2 aliphatic heterocycles. The highest BCUT2D eigenvalue weighted by Gasteiger charge is 2.59. The van der Waals surface area contributed by atoms with E-state index in [-0.39, 0.29) is 16.7 Å². The van der Waals surface area contributed by atoms with Crippen LogP contribution in [0.3, 0.4) is 0 Å². The molecule has 1 aliphatic carbocycles. The third-order valence-corrected chi connectivity index (χ3v) is 6.04. The normalized spacial score (nSPS) is 42.1. The molecule has 5 nitrogen and oxygen atoms in total. The summed E-state index contributed by atoms with van der Waals surface area (Å²) in [6.45, 7) is 7.52. The lowest BCUT2D eigenvalue weighted by Crippen LogP contribution is -2.49. The number of allylic oxidation sites excluding steroid dienone is 2. The van der Waals surface area contributed by atoms with Crippen molar-refractivity contribution in [2.45, 2.75) is 33.1 Å². The van der Waals surface area contributed by atoms with Crippen molar-refractivity contribution in [1.82, 2.24) is 10.2 Å². The van der Waals surface area contributed by atoms with E-state index in [0.717, 1.165) is 13.1 Å². The molecule has 0 spiro atoms. The topological polar surface area (TPSA) is 69.6 Å². The highest BCUT2D eigenvalue weighted by atomic mass is 16.4. The number of carboxylic acids is 1. The van der Waals surface area contributed by atoms with Crippen LogP contribution in [0, 0.1) is 16.2 Å². The molecule has 0 aromatic carbocycles. The second-order valence-corrected chi connectivity index (χ2v) is 7.49. The summed E-state index contributed by atoms with van der Waals surface area (Å²) in [5.41, 5.74) is -1.15. The molecule has 2 saturated heterocycles. The lowest BCUT2D eigenvalue weighted by Gasteiger charge is -2.34. The number of carbonyl (C=O) groups is 2. The van der Waals surface area contributed by atoms with Crippen LogP contribution in [0.2, 0.25) is 0 Å². The Labute approximate surface area is 125 Å². The maximum Gasteiger partial charge on any atom is 0.319 e. The van der Waals surface area contributed by atoms with Crippen LogP contribution in [0.25, 0.3) is 0 Å². The molecular formula is C16H24N2O3. The average Bonchev–Trinajstić information content (AvgIpc) is 2.86. The number of nitrogens with one attached hydrogen (secondary N) is 1. The molecule has 0 aromatic rings. The van der Waals surface area contributed by atoms with Gasteiger partial charge in [0.25, 0.3) is 0 Å². The van der Waals surface area contributed by atoms with E-state index in [1.165, 1.54) is 0 Å². The molecule has 3 aliphatic rings. The number of nitrogens with zero attached hydrogens (tertiary/aromatic N) is 1. The van der Waals surface area contributed by atoms with E-state index in [1.54, 1.807) is 0 Å². The van der Waals surface area contributed by atoms with Gasteiger partial charge in [-0.3, -0.25) is 9.59 Å². The molecule has 5 heteroatoms. The molecule has 0 bridgehead atoms. The maximum absolute atomic E-state index is 13.0. The van der Waals surface area contributed by atoms with Crippen molar-refractivity contribution in [2.24, 2.45) is 16.2 Å². The molecule has 0 saturated carbocycles. The van der Waals surface area contributed by atoms with E-state index < -0.39 is 11.4 Å². The summed E-state index contributed by atoms with van der Waals surface area (Å²) < 4.78 is 0. The predicted octanol–water partition coefficient (Wildman–Crippen LogP) is 1.26. The first-order valence-corrected chi connectivity index (χ1v) is 7.72. The van der Waals surface area contributed by atoms with Gasteiger partial charge in [-0.2, -0.15) is 0 Å². The highest BCUT2D eigenvalue weighted by Crippen LogP contribution is 2.50. The standard InChI is InChI=1S/C16H24N2O3/c1-14-8-17-9-15(14,2)11-18(10-14)12(19)16(13(20)21)6-4-3-5-7-16/h3-4,17H,5-11H2,1-2H3,(H,20,21)/t14-,15+,16?. The van der Waals surface area contributed by atoms with Crippen LogP contribution in [0.5, 0.6) is 0 Å². The van der Waals surface area contributed by atoms with E-state index in [1.807, 2.05) is 17.1 Å². The van der Waals surface area contributed by atoms with E-state index in [4.69, 9.17) is 0 Å². The van der Waals surface area contributed by atoms with Gasteiger partial charge in [0, 0.05) is 37.0 Å². The first-order valence-electron chi connectivity index (χ1n) is 7.72. The van der Waals surface area contributed by atoms with Gasteiger partial charge in [0.05, 0.1) is 0 Å². The number of carboxylic acid groups (broad SMARTS) is 1. The zero-order chi connectivity index (χ0) is 15.3. The van der Waals surface area contributed by atoms with Crippen LogP contribution in [0.4, 0.5) is 0 Å². The summed E-state index contributed by atoms with van der Waals surface area (Å²) in [5, 5.41) is 13.1. The van der Waals surface area contributed by atoms with Gasteiger partial charge in [-0.05, 0) is 19.3 Å². The maximum atomic E-state index is 13.0. The summed E-state index contributed by atoms with van der Waals surface area (Å²) in [4.78, 5) is 26.6. The van der Waals surface area contributed by atoms with Crippen molar-refractivity contribution in [3.8, 4) is 0 Å². The summed E-state index contributed by atoms with van der Waals surface area (Å²) in [5.74, 6) is -1.15. The Bertz CT molecular complexity index is 500. The van der Waals surface area contributed by atoms with E-state index in [0.29, 0.717) is 32.4 Å². The molecule has 0 aromatic heterocycles. The highest BCUT2D eigenvalue weighted by molar-refractivity contribution is 6.02. The first kappa shape index (κ1) is 14.6. The van der Waals surface area contributed by atoms with E-state index in [9.17, 15) is 14.7 Å². The predicted molar refractivity (Wildman–Crippen MR) is 78.7 cm³/mol. The molecular weight excluding hydrogens is 268 g/mol. The Morgan fingerprint density at radius 1 is 1.14 bits per heavy atom. The largest absolute Gasteiger partial charge is 0.480 e. The minimum absolute atomic E-state index is 0.0485. The van der Waals surface area contributed by atoms with Crippen molar-refractivity contribution in [1.29, 1.82) is 0 Å². The van der Waals surface area contributed by atoms with Gasteiger partial charge in [-0.25, -0.2) is 0 Å². The van der Waals surface area contributed by atoms with E-state index in [2.05, 4.69) is 19.2 Å². The fourth-order valence-corrected chi connectivity index (χ4v) is 4.19. The smallest absolute Gasteiger partial charge is 0.319 e. The number of hydrogen-bond acceptors (Lipinski definition) is 3. The lowest BCUT2D eigenvalue weighted by molar-refractivity contribution is -0.161. The Morgan fingerprint density at radius 2 is 1.76 bits per heavy atom. The second kappa shape index (κ2) is 4.57. The number of fused-ring (bicyclic) bond motifs is 1. The molecule has 116 valence electrons. The Hall–Kier alpha value is -1.36. The summed E-state index contributed by atoms with van der Waals surface area (Å²) in [6, 6.07) is 0. The van der Waals surface area contributed by atoms with Crippen molar-refractivity contribution in [3.63, 3.8) is 0 Å². The number of likely N-dealkylation sites (tertiary alicyclic amines) is 1. The molecule has 21 heavy (non-hydrogen) atoms. The Balaban J connectivity index is 1.86. The zero-order valence-electron chi connectivity index (χ0n) is 12.8.